The SMILES string of the molecule is CC(C)NC(=O)C[NH+](C)CC(=O)N[C@@H](C)c1ccc(Cl)cc1Cl. The number of nitrogens with one attached hydrogen (secondary N) is 3. The Balaban J connectivity index is 2.50. The summed E-state index contributed by atoms with van der Waals surface area (Å²) in [6.07, 6.45) is 0. The predicted octanol–water partition coefficient (Wildman–Crippen LogP) is 1.21. The first kappa shape index (κ1) is 19.7. The van der Waals surface area contributed by atoms with E-state index in [0.717, 1.165) is 10.5 Å². The lowest BCUT2D eigenvalue weighted by Crippen LogP contribution is -3.11. The highest BCUT2D eigenvalue weighted by molar-refractivity contribution is 6.35. The molecule has 0 bridgehead atoms. The van der Waals surface area contributed by atoms with Crippen LogP contribution in [0.3, 0.4) is 0 Å². The van der Waals surface area contributed by atoms with E-state index in [2.05, 4.69) is 10.6 Å². The molecule has 1 aromatic rings. The zero-order valence-corrected chi connectivity index (χ0v) is 15.4. The monoisotopic (exact) mass is 360 g/mol. The van der Waals surface area contributed by atoms with Gasteiger partial charge in [0, 0.05) is 16.1 Å². The van der Waals surface area contributed by atoms with Crippen LogP contribution in [0.2, 0.25) is 10.0 Å². The number of hydrogen-bond donors (Lipinski definition) is 3. The fourth-order valence-corrected chi connectivity index (χ4v) is 2.78. The Morgan fingerprint density at radius 2 is 1.65 bits per heavy atom. The van der Waals surface area contributed by atoms with Crippen LogP contribution in [0.25, 0.3) is 0 Å². The van der Waals surface area contributed by atoms with Gasteiger partial charge in [0.1, 0.15) is 0 Å². The summed E-state index contributed by atoms with van der Waals surface area (Å²) in [5, 5.41) is 6.76. The van der Waals surface area contributed by atoms with Gasteiger partial charge in [0.2, 0.25) is 0 Å². The van der Waals surface area contributed by atoms with E-state index < -0.39 is 0 Å². The molecule has 2 atom stereocenters. The topological polar surface area (TPSA) is 62.6 Å². The summed E-state index contributed by atoms with van der Waals surface area (Å²) in [6, 6.07) is 5.04. The van der Waals surface area contributed by atoms with Crippen molar-refractivity contribution < 1.29 is 14.5 Å². The number of benzene rings is 1. The third-order valence-electron chi connectivity index (χ3n) is 3.18. The summed E-state index contributed by atoms with van der Waals surface area (Å²) in [4.78, 5) is 24.6. The Hall–Kier alpha value is -1.30. The minimum absolute atomic E-state index is 0.0703. The number of carbonyl (C=O) groups excluding carboxylic acids is 2. The number of halogens is 2. The second-order valence-corrected chi connectivity index (χ2v) is 6.83. The second-order valence-electron chi connectivity index (χ2n) is 5.99. The van der Waals surface area contributed by atoms with E-state index in [0.29, 0.717) is 10.0 Å². The number of likely N-dealkylation sites (N-methyl/N-ethyl adjacent to an activating group) is 1. The molecule has 7 heteroatoms. The van der Waals surface area contributed by atoms with Crippen LogP contribution in [0, 0.1) is 0 Å². The summed E-state index contributed by atoms with van der Waals surface area (Å²) in [7, 11) is 1.80. The van der Waals surface area contributed by atoms with Gasteiger partial charge in [0.05, 0.1) is 13.1 Å². The molecule has 1 aromatic carbocycles. The average Bonchev–Trinajstić information content (AvgIpc) is 2.36. The molecule has 128 valence electrons. The Morgan fingerprint density at radius 1 is 1.09 bits per heavy atom. The highest BCUT2D eigenvalue weighted by Gasteiger charge is 2.18. The molecule has 0 fully saturated rings. The lowest BCUT2D eigenvalue weighted by atomic mass is 10.1. The Bertz CT molecular complexity index is 564. The third-order valence-corrected chi connectivity index (χ3v) is 3.74. The van der Waals surface area contributed by atoms with Crippen molar-refractivity contribution in [2.24, 2.45) is 0 Å². The zero-order chi connectivity index (χ0) is 17.6. The van der Waals surface area contributed by atoms with Crippen LogP contribution in [0.5, 0.6) is 0 Å². The molecule has 3 N–H and O–H groups in total. The van der Waals surface area contributed by atoms with Crippen LogP contribution in [-0.4, -0.2) is 38.0 Å². The minimum Gasteiger partial charge on any atom is -0.349 e. The molecule has 0 saturated heterocycles. The van der Waals surface area contributed by atoms with Gasteiger partial charge in [-0.3, -0.25) is 9.59 Å². The standard InChI is InChI=1S/C16H23Cl2N3O2/c1-10(2)19-15(22)8-21(4)9-16(23)20-11(3)13-6-5-12(17)7-14(13)18/h5-7,10-11H,8-9H2,1-4H3,(H,19,22)(H,20,23)/p+1/t11-/m0/s1. The average molecular weight is 361 g/mol. The maximum absolute atomic E-state index is 12.1. The van der Waals surface area contributed by atoms with Crippen molar-refractivity contribution in [3.63, 3.8) is 0 Å². The second kappa shape index (κ2) is 9.11. The fourth-order valence-electron chi connectivity index (χ4n) is 2.21. The molecule has 0 aliphatic heterocycles. The van der Waals surface area contributed by atoms with E-state index in [4.69, 9.17) is 23.2 Å². The van der Waals surface area contributed by atoms with Gasteiger partial charge in [-0.2, -0.15) is 0 Å². The summed E-state index contributed by atoms with van der Waals surface area (Å²) >= 11 is 12.0. The molecule has 0 aliphatic carbocycles. The maximum atomic E-state index is 12.1. The first-order chi connectivity index (χ1) is 10.7. The van der Waals surface area contributed by atoms with Gasteiger partial charge in [-0.15, -0.1) is 0 Å². The molecule has 0 aromatic heterocycles. The zero-order valence-electron chi connectivity index (χ0n) is 13.9. The quantitative estimate of drug-likeness (QED) is 0.684. The summed E-state index contributed by atoms with van der Waals surface area (Å²) in [5.74, 6) is -0.211. The number of hydrogen-bond acceptors (Lipinski definition) is 2. The van der Waals surface area contributed by atoms with Gasteiger partial charge in [0.25, 0.3) is 11.8 Å². The molecule has 23 heavy (non-hydrogen) atoms. The first-order valence-corrected chi connectivity index (χ1v) is 8.29. The van der Waals surface area contributed by atoms with Gasteiger partial charge < -0.3 is 15.5 Å². The molecule has 1 rings (SSSR count). The van der Waals surface area contributed by atoms with Gasteiger partial charge in [-0.25, -0.2) is 0 Å². The Kier molecular flexibility index (Phi) is 7.82. The van der Waals surface area contributed by atoms with Crippen molar-refractivity contribution in [3.8, 4) is 0 Å². The lowest BCUT2D eigenvalue weighted by Gasteiger charge is -2.18. The summed E-state index contributed by atoms with van der Waals surface area (Å²) < 4.78 is 0. The molecule has 0 heterocycles. The van der Waals surface area contributed by atoms with E-state index in [1.807, 2.05) is 20.8 Å². The predicted molar refractivity (Wildman–Crippen MR) is 92.9 cm³/mol. The van der Waals surface area contributed by atoms with Gasteiger partial charge in [-0.05, 0) is 38.5 Å². The van der Waals surface area contributed by atoms with Crippen LogP contribution in [0.4, 0.5) is 0 Å². The van der Waals surface area contributed by atoms with E-state index in [9.17, 15) is 9.59 Å². The van der Waals surface area contributed by atoms with Crippen LogP contribution >= 0.6 is 23.2 Å². The lowest BCUT2D eigenvalue weighted by molar-refractivity contribution is -0.862. The fraction of sp³-hybridized carbons (Fsp3) is 0.500. The van der Waals surface area contributed by atoms with Crippen LogP contribution in [0.1, 0.15) is 32.4 Å². The first-order valence-electron chi connectivity index (χ1n) is 7.54. The van der Waals surface area contributed by atoms with Crippen molar-refractivity contribution in [2.45, 2.75) is 32.9 Å². The van der Waals surface area contributed by atoms with Gasteiger partial charge in [-0.1, -0.05) is 29.3 Å². The number of quaternary nitrogens is 1. The molecule has 0 spiro atoms. The van der Waals surface area contributed by atoms with Crippen LogP contribution in [-0.2, 0) is 9.59 Å². The van der Waals surface area contributed by atoms with Crippen LogP contribution < -0.4 is 15.5 Å². The van der Waals surface area contributed by atoms with E-state index in [1.165, 1.54) is 0 Å². The molecular formula is C16H24Cl2N3O2+. The summed E-state index contributed by atoms with van der Waals surface area (Å²) in [5.41, 5.74) is 0.805. The summed E-state index contributed by atoms with van der Waals surface area (Å²) in [6.45, 7) is 6.12. The molecule has 1 unspecified atom stereocenters. The van der Waals surface area contributed by atoms with Gasteiger partial charge in [0.15, 0.2) is 13.1 Å². The number of carbonyl (C=O) groups is 2. The Morgan fingerprint density at radius 3 is 2.17 bits per heavy atom. The minimum atomic E-state index is -0.232. The van der Waals surface area contributed by atoms with Crippen LogP contribution in [0.15, 0.2) is 18.2 Å². The normalized spacial score (nSPS) is 13.5. The highest BCUT2D eigenvalue weighted by Crippen LogP contribution is 2.25. The number of rotatable bonds is 7. The molecular weight excluding hydrogens is 337 g/mol. The van der Waals surface area contributed by atoms with Crippen molar-refractivity contribution in [2.75, 3.05) is 20.1 Å². The maximum Gasteiger partial charge on any atom is 0.275 e. The van der Waals surface area contributed by atoms with Crippen molar-refractivity contribution in [1.82, 2.24) is 10.6 Å². The van der Waals surface area contributed by atoms with E-state index in [-0.39, 0.29) is 37.0 Å². The highest BCUT2D eigenvalue weighted by atomic mass is 35.5. The molecule has 0 aliphatic rings. The van der Waals surface area contributed by atoms with Crippen molar-refractivity contribution in [3.05, 3.63) is 33.8 Å². The number of amides is 2. The molecule has 2 amide bonds. The third kappa shape index (κ3) is 7.20. The smallest absolute Gasteiger partial charge is 0.275 e. The molecule has 0 saturated carbocycles. The molecule has 5 nitrogen and oxygen atoms in total. The molecule has 0 radical (unpaired) electrons. The largest absolute Gasteiger partial charge is 0.349 e. The van der Waals surface area contributed by atoms with E-state index >= 15 is 0 Å². The van der Waals surface area contributed by atoms with Gasteiger partial charge >= 0.3 is 0 Å². The van der Waals surface area contributed by atoms with Crippen molar-refractivity contribution >= 4 is 35.0 Å². The van der Waals surface area contributed by atoms with Crippen molar-refractivity contribution in [1.29, 1.82) is 0 Å². The Labute approximate surface area is 147 Å². The van der Waals surface area contributed by atoms with E-state index in [1.54, 1.807) is 25.2 Å².